The van der Waals surface area contributed by atoms with Crippen molar-refractivity contribution in [2.24, 2.45) is 5.14 Å². The molecule has 0 bridgehead atoms. The quantitative estimate of drug-likeness (QED) is 0.448. The molecule has 2 aromatic rings. The Balaban J connectivity index is 1.70. The highest BCUT2D eigenvalue weighted by Crippen LogP contribution is 2.29. The number of aromatic nitrogens is 2. The predicted molar refractivity (Wildman–Crippen MR) is 121 cm³/mol. The van der Waals surface area contributed by atoms with Crippen molar-refractivity contribution in [1.29, 1.82) is 0 Å². The van der Waals surface area contributed by atoms with Gasteiger partial charge in [-0.25, -0.2) is 18.5 Å². The molecule has 0 radical (unpaired) electrons. The summed E-state index contributed by atoms with van der Waals surface area (Å²) in [7, 11) is -3.79. The number of benzene rings is 1. The van der Waals surface area contributed by atoms with E-state index in [-0.39, 0.29) is 16.1 Å². The lowest BCUT2D eigenvalue weighted by atomic mass is 9.97. The van der Waals surface area contributed by atoms with Gasteiger partial charge in [-0.15, -0.1) is 0 Å². The summed E-state index contributed by atoms with van der Waals surface area (Å²) in [5, 5.41) is 8.67. The van der Waals surface area contributed by atoms with E-state index in [4.69, 9.17) is 5.14 Å². The Kier molecular flexibility index (Phi) is 7.60. The maximum Gasteiger partial charge on any atom is 0.238 e. The van der Waals surface area contributed by atoms with Crippen LogP contribution < -0.4 is 10.5 Å². The topological polar surface area (TPSA) is 107 Å². The minimum atomic E-state index is -3.79. The van der Waals surface area contributed by atoms with Gasteiger partial charge in [0.15, 0.2) is 5.16 Å². The number of allylic oxidation sites excluding steroid dienone is 1. The molecular weight excluding hydrogens is 420 g/mol. The van der Waals surface area contributed by atoms with Crippen LogP contribution in [0.1, 0.15) is 52.4 Å². The molecule has 9 heteroatoms. The summed E-state index contributed by atoms with van der Waals surface area (Å²) >= 11 is 1.39. The number of amides is 1. The molecule has 3 rings (SSSR count). The smallest absolute Gasteiger partial charge is 0.238 e. The Morgan fingerprint density at radius 3 is 2.83 bits per heavy atom. The summed E-state index contributed by atoms with van der Waals surface area (Å²) in [6.07, 6.45) is 8.90. The Bertz CT molecular complexity index is 1040. The molecule has 1 amide bonds. The average Bonchev–Trinajstić information content (AvgIpc) is 3.04. The molecule has 0 fully saturated rings. The Morgan fingerprint density at radius 2 is 2.17 bits per heavy atom. The van der Waals surface area contributed by atoms with Gasteiger partial charge in [-0.2, -0.15) is 0 Å². The monoisotopic (exact) mass is 450 g/mol. The molecule has 3 N–H and O–H groups in total. The van der Waals surface area contributed by atoms with Crippen molar-refractivity contribution < 1.29 is 13.2 Å². The molecule has 1 heterocycles. The fourth-order valence-corrected chi connectivity index (χ4v) is 5.14. The zero-order valence-electron chi connectivity index (χ0n) is 17.6. The van der Waals surface area contributed by atoms with E-state index in [1.54, 1.807) is 6.07 Å². The molecule has 1 aromatic heterocycles. The van der Waals surface area contributed by atoms with Crippen molar-refractivity contribution in [3.8, 4) is 0 Å². The van der Waals surface area contributed by atoms with Crippen LogP contribution >= 0.6 is 11.8 Å². The number of rotatable bonds is 9. The number of primary sulfonamides is 1. The van der Waals surface area contributed by atoms with Crippen LogP contribution in [0.2, 0.25) is 0 Å². The number of nitrogens with two attached hydrogens (primary N) is 1. The summed E-state index contributed by atoms with van der Waals surface area (Å²) in [6.45, 7) is 5.31. The number of hydrogen-bond acceptors (Lipinski definition) is 5. The van der Waals surface area contributed by atoms with Crippen LogP contribution in [0.25, 0.3) is 11.0 Å². The molecule has 1 unspecified atom stereocenters. The maximum absolute atomic E-state index is 12.6. The third kappa shape index (κ3) is 5.65. The fraction of sp³-hybridized carbons (Fsp3) is 0.524. The van der Waals surface area contributed by atoms with Gasteiger partial charge in [0.05, 0.1) is 21.2 Å². The van der Waals surface area contributed by atoms with Crippen LogP contribution in [0.15, 0.2) is 39.9 Å². The Labute approximate surface area is 182 Å². The van der Waals surface area contributed by atoms with Crippen molar-refractivity contribution in [1.82, 2.24) is 14.9 Å². The van der Waals surface area contributed by atoms with Gasteiger partial charge in [-0.3, -0.25) is 4.79 Å². The predicted octanol–water partition coefficient (Wildman–Crippen LogP) is 3.58. The van der Waals surface area contributed by atoms with E-state index in [0.29, 0.717) is 17.2 Å². The van der Waals surface area contributed by atoms with E-state index in [9.17, 15) is 13.2 Å². The summed E-state index contributed by atoms with van der Waals surface area (Å²) in [4.78, 5) is 17.2. The molecule has 0 aliphatic heterocycles. The molecule has 0 spiro atoms. The molecule has 1 aliphatic rings. The zero-order valence-corrected chi connectivity index (χ0v) is 19.2. The lowest BCUT2D eigenvalue weighted by Gasteiger charge is -2.15. The maximum atomic E-state index is 12.6. The number of aryl methyl sites for hydroxylation is 1. The average molecular weight is 451 g/mol. The first-order chi connectivity index (χ1) is 14.3. The van der Waals surface area contributed by atoms with Crippen LogP contribution in [0.4, 0.5) is 0 Å². The Hall–Kier alpha value is -1.84. The first-order valence-electron chi connectivity index (χ1n) is 10.4. The minimum Gasteiger partial charge on any atom is -0.355 e. The van der Waals surface area contributed by atoms with Crippen LogP contribution in [0.5, 0.6) is 0 Å². The summed E-state index contributed by atoms with van der Waals surface area (Å²) in [5.74, 6) is -0.0169. The van der Waals surface area contributed by atoms with E-state index < -0.39 is 10.0 Å². The molecule has 0 saturated heterocycles. The third-order valence-corrected chi connectivity index (χ3v) is 7.24. The van der Waals surface area contributed by atoms with Gasteiger partial charge in [-0.05, 0) is 63.6 Å². The third-order valence-electron chi connectivity index (χ3n) is 5.24. The van der Waals surface area contributed by atoms with Crippen molar-refractivity contribution >= 4 is 38.7 Å². The molecule has 7 nitrogen and oxygen atoms in total. The standard InChI is InChI=1S/C21H30N4O3S2/c1-3-13-25-19-10-9-17(30(22,27)28)14-18(19)24-21(25)29-15(2)20(26)23-12-11-16-7-5-4-6-8-16/h7,9-10,14-15H,3-6,8,11-13H2,1-2H3,(H,23,26)(H2,22,27,28). The van der Waals surface area contributed by atoms with Crippen LogP contribution in [-0.2, 0) is 21.4 Å². The number of nitrogens with one attached hydrogen (secondary N) is 1. The second-order valence-electron chi connectivity index (χ2n) is 7.65. The first-order valence-corrected chi connectivity index (χ1v) is 12.9. The van der Waals surface area contributed by atoms with Crippen LogP contribution in [-0.4, -0.2) is 35.7 Å². The first kappa shape index (κ1) is 22.8. The van der Waals surface area contributed by atoms with Gasteiger partial charge >= 0.3 is 0 Å². The number of imidazole rings is 1. The van der Waals surface area contributed by atoms with Crippen LogP contribution in [0, 0.1) is 0 Å². The highest BCUT2D eigenvalue weighted by Gasteiger charge is 2.20. The van der Waals surface area contributed by atoms with Crippen molar-refractivity contribution in [3.63, 3.8) is 0 Å². The lowest BCUT2D eigenvalue weighted by molar-refractivity contribution is -0.120. The zero-order chi connectivity index (χ0) is 21.7. The lowest BCUT2D eigenvalue weighted by Crippen LogP contribution is -2.32. The van der Waals surface area contributed by atoms with Gasteiger partial charge in [0.1, 0.15) is 0 Å². The summed E-state index contributed by atoms with van der Waals surface area (Å²) in [6, 6.07) is 4.71. The van der Waals surface area contributed by atoms with Gasteiger partial charge < -0.3 is 9.88 Å². The largest absolute Gasteiger partial charge is 0.355 e. The minimum absolute atomic E-state index is 0.0169. The number of sulfonamides is 1. The number of thioether (sulfide) groups is 1. The van der Waals surface area contributed by atoms with Gasteiger partial charge in [0.2, 0.25) is 15.9 Å². The number of nitrogens with zero attached hydrogens (tertiary/aromatic N) is 2. The number of hydrogen-bond donors (Lipinski definition) is 2. The molecule has 164 valence electrons. The van der Waals surface area contributed by atoms with Gasteiger partial charge in [0, 0.05) is 13.1 Å². The summed E-state index contributed by atoms with van der Waals surface area (Å²) in [5.41, 5.74) is 2.84. The van der Waals surface area contributed by atoms with Gasteiger partial charge in [0.25, 0.3) is 0 Å². The van der Waals surface area contributed by atoms with E-state index in [1.807, 2.05) is 11.5 Å². The number of carbonyl (C=O) groups is 1. The van der Waals surface area contributed by atoms with E-state index >= 15 is 0 Å². The normalized spacial score (nSPS) is 15.8. The molecule has 1 aromatic carbocycles. The fourth-order valence-electron chi connectivity index (χ4n) is 3.63. The molecule has 1 atom stereocenters. The summed E-state index contributed by atoms with van der Waals surface area (Å²) < 4.78 is 25.3. The second kappa shape index (κ2) is 9.98. The highest BCUT2D eigenvalue weighted by atomic mass is 32.2. The number of fused-ring (bicyclic) bond motifs is 1. The van der Waals surface area contributed by atoms with E-state index in [0.717, 1.165) is 37.7 Å². The van der Waals surface area contributed by atoms with Crippen molar-refractivity contribution in [2.45, 2.75) is 74.2 Å². The van der Waals surface area contributed by atoms with Crippen LogP contribution in [0.3, 0.4) is 0 Å². The van der Waals surface area contributed by atoms with Gasteiger partial charge in [-0.1, -0.05) is 30.3 Å². The number of carbonyl (C=O) groups excluding carboxylic acids is 1. The highest BCUT2D eigenvalue weighted by molar-refractivity contribution is 8.00. The molecule has 1 aliphatic carbocycles. The molecule has 30 heavy (non-hydrogen) atoms. The van der Waals surface area contributed by atoms with Crippen molar-refractivity contribution in [2.75, 3.05) is 6.54 Å². The van der Waals surface area contributed by atoms with Crippen molar-refractivity contribution in [3.05, 3.63) is 29.8 Å². The van der Waals surface area contributed by atoms with E-state index in [1.165, 1.54) is 42.3 Å². The molecular formula is C21H30N4O3S2. The second-order valence-corrected chi connectivity index (χ2v) is 10.5. The SMILES string of the molecule is CCCn1c(SC(C)C(=O)NCCC2=CCCCC2)nc2cc(S(N)(=O)=O)ccc21. The Morgan fingerprint density at radius 1 is 1.37 bits per heavy atom. The molecule has 0 saturated carbocycles. The van der Waals surface area contributed by atoms with E-state index in [2.05, 4.69) is 23.3 Å².